The lowest BCUT2D eigenvalue weighted by molar-refractivity contribution is 0.229. The standard InChI is InChI=1S/C18H17N7O.ClH/c1-11-15(16-21-17(23-26-16)18(19)7-3-8-18)22-24-25(11)14-5-2-4-12-10-20-9-6-13(12)14;/h2,4-6,9-10H,3,7-8,19H2,1H3;1H. The Morgan fingerprint density at radius 3 is 2.85 bits per heavy atom. The first-order chi connectivity index (χ1) is 12.7. The van der Waals surface area contributed by atoms with Crippen LogP contribution in [-0.2, 0) is 5.54 Å². The van der Waals surface area contributed by atoms with Crippen molar-refractivity contribution >= 4 is 23.2 Å². The van der Waals surface area contributed by atoms with Crippen LogP contribution in [0.3, 0.4) is 0 Å². The molecule has 0 bridgehead atoms. The molecule has 4 aromatic rings. The molecule has 0 amide bonds. The smallest absolute Gasteiger partial charge is 0.280 e. The molecule has 1 fully saturated rings. The molecule has 0 spiro atoms. The number of halogens is 1. The summed E-state index contributed by atoms with van der Waals surface area (Å²) < 4.78 is 7.20. The van der Waals surface area contributed by atoms with Crippen molar-refractivity contribution in [2.45, 2.75) is 31.7 Å². The maximum absolute atomic E-state index is 6.28. The first-order valence-corrected chi connectivity index (χ1v) is 8.55. The second kappa shape index (κ2) is 6.40. The zero-order chi connectivity index (χ0) is 17.7. The van der Waals surface area contributed by atoms with Gasteiger partial charge < -0.3 is 10.3 Å². The molecule has 27 heavy (non-hydrogen) atoms. The molecule has 1 aromatic carbocycles. The van der Waals surface area contributed by atoms with Crippen molar-refractivity contribution in [1.82, 2.24) is 30.1 Å². The van der Waals surface area contributed by atoms with Crippen LogP contribution >= 0.6 is 12.4 Å². The Kier molecular flexibility index (Phi) is 4.16. The zero-order valence-electron chi connectivity index (χ0n) is 14.7. The van der Waals surface area contributed by atoms with Gasteiger partial charge in [-0.3, -0.25) is 4.98 Å². The van der Waals surface area contributed by atoms with Crippen molar-refractivity contribution in [2.75, 3.05) is 0 Å². The summed E-state index contributed by atoms with van der Waals surface area (Å²) in [4.78, 5) is 8.65. The van der Waals surface area contributed by atoms with Crippen LogP contribution in [0.5, 0.6) is 0 Å². The number of hydrogen-bond acceptors (Lipinski definition) is 7. The molecular formula is C18H18ClN7O. The third-order valence-corrected chi connectivity index (χ3v) is 5.10. The number of pyridine rings is 1. The Morgan fingerprint density at radius 2 is 2.07 bits per heavy atom. The van der Waals surface area contributed by atoms with Crippen LogP contribution in [0.25, 0.3) is 28.0 Å². The van der Waals surface area contributed by atoms with E-state index in [9.17, 15) is 0 Å². The van der Waals surface area contributed by atoms with E-state index < -0.39 is 5.54 Å². The predicted octanol–water partition coefficient (Wildman–Crippen LogP) is 2.93. The van der Waals surface area contributed by atoms with E-state index in [0.29, 0.717) is 17.4 Å². The highest BCUT2D eigenvalue weighted by atomic mass is 35.5. The van der Waals surface area contributed by atoms with E-state index in [1.807, 2.05) is 37.4 Å². The lowest BCUT2D eigenvalue weighted by atomic mass is 9.77. The molecule has 8 nitrogen and oxygen atoms in total. The van der Waals surface area contributed by atoms with E-state index in [2.05, 4.69) is 25.4 Å². The summed E-state index contributed by atoms with van der Waals surface area (Å²) in [6, 6.07) is 7.95. The van der Waals surface area contributed by atoms with E-state index in [4.69, 9.17) is 10.3 Å². The normalized spacial score (nSPS) is 15.3. The fraction of sp³-hybridized carbons (Fsp3) is 0.278. The van der Waals surface area contributed by atoms with Crippen molar-refractivity contribution in [3.8, 4) is 17.3 Å². The zero-order valence-corrected chi connectivity index (χ0v) is 15.5. The highest BCUT2D eigenvalue weighted by Gasteiger charge is 2.39. The van der Waals surface area contributed by atoms with Gasteiger partial charge in [0.05, 0.1) is 16.9 Å². The fourth-order valence-electron chi connectivity index (χ4n) is 3.35. The monoisotopic (exact) mass is 383 g/mol. The lowest BCUT2D eigenvalue weighted by Gasteiger charge is -2.34. The predicted molar refractivity (Wildman–Crippen MR) is 102 cm³/mol. The van der Waals surface area contributed by atoms with Gasteiger partial charge in [-0.15, -0.1) is 17.5 Å². The molecule has 0 atom stereocenters. The van der Waals surface area contributed by atoms with Crippen LogP contribution in [0.1, 0.15) is 30.8 Å². The quantitative estimate of drug-likeness (QED) is 0.579. The second-order valence-corrected chi connectivity index (χ2v) is 6.74. The van der Waals surface area contributed by atoms with Gasteiger partial charge in [-0.25, -0.2) is 4.68 Å². The third-order valence-electron chi connectivity index (χ3n) is 5.10. The Labute approximate surface area is 161 Å². The number of rotatable bonds is 3. The first-order valence-electron chi connectivity index (χ1n) is 8.55. The van der Waals surface area contributed by atoms with Crippen LogP contribution in [0.2, 0.25) is 0 Å². The molecule has 9 heteroatoms. The number of nitrogens with zero attached hydrogens (tertiary/aromatic N) is 6. The van der Waals surface area contributed by atoms with Crippen molar-refractivity contribution in [3.63, 3.8) is 0 Å². The number of benzene rings is 1. The van der Waals surface area contributed by atoms with E-state index >= 15 is 0 Å². The van der Waals surface area contributed by atoms with Gasteiger partial charge in [0, 0.05) is 23.2 Å². The van der Waals surface area contributed by atoms with Gasteiger partial charge in [-0.1, -0.05) is 22.5 Å². The van der Waals surface area contributed by atoms with Crippen LogP contribution in [0, 0.1) is 6.92 Å². The average molecular weight is 384 g/mol. The Morgan fingerprint density at radius 1 is 1.22 bits per heavy atom. The van der Waals surface area contributed by atoms with Crippen LogP contribution in [0.4, 0.5) is 0 Å². The Balaban J connectivity index is 0.00000180. The molecule has 1 aliphatic carbocycles. The molecule has 0 saturated heterocycles. The van der Waals surface area contributed by atoms with Gasteiger partial charge >= 0.3 is 0 Å². The van der Waals surface area contributed by atoms with E-state index in [1.54, 1.807) is 10.9 Å². The minimum Gasteiger partial charge on any atom is -0.332 e. The minimum absolute atomic E-state index is 0. The maximum atomic E-state index is 6.28. The minimum atomic E-state index is -0.464. The van der Waals surface area contributed by atoms with E-state index in [0.717, 1.165) is 41.4 Å². The summed E-state index contributed by atoms with van der Waals surface area (Å²) >= 11 is 0. The van der Waals surface area contributed by atoms with Crippen LogP contribution in [0.15, 0.2) is 41.2 Å². The molecule has 1 saturated carbocycles. The maximum Gasteiger partial charge on any atom is 0.280 e. The topological polar surface area (TPSA) is 109 Å². The Hall–Kier alpha value is -2.84. The highest BCUT2D eigenvalue weighted by molar-refractivity contribution is 5.89. The van der Waals surface area contributed by atoms with Gasteiger partial charge in [0.15, 0.2) is 11.5 Å². The van der Waals surface area contributed by atoms with Gasteiger partial charge in [-0.05, 0) is 38.3 Å². The first kappa shape index (κ1) is 17.6. The van der Waals surface area contributed by atoms with Crippen LogP contribution in [-0.4, -0.2) is 30.1 Å². The largest absolute Gasteiger partial charge is 0.332 e. The molecule has 3 heterocycles. The highest BCUT2D eigenvalue weighted by Crippen LogP contribution is 2.37. The van der Waals surface area contributed by atoms with Gasteiger partial charge in [0.2, 0.25) is 0 Å². The van der Waals surface area contributed by atoms with Crippen molar-refractivity contribution in [1.29, 1.82) is 0 Å². The van der Waals surface area contributed by atoms with Gasteiger partial charge in [0.1, 0.15) is 0 Å². The van der Waals surface area contributed by atoms with Crippen molar-refractivity contribution in [2.24, 2.45) is 5.73 Å². The summed E-state index contributed by atoms with van der Waals surface area (Å²) in [6.07, 6.45) is 6.44. The number of fused-ring (bicyclic) bond motifs is 1. The molecular weight excluding hydrogens is 366 g/mol. The van der Waals surface area contributed by atoms with Gasteiger partial charge in [0.25, 0.3) is 5.89 Å². The van der Waals surface area contributed by atoms with E-state index in [1.165, 1.54) is 0 Å². The summed E-state index contributed by atoms with van der Waals surface area (Å²) in [5.41, 5.74) is 8.13. The molecule has 0 unspecified atom stereocenters. The summed E-state index contributed by atoms with van der Waals surface area (Å²) in [6.45, 7) is 1.93. The number of hydrogen-bond donors (Lipinski definition) is 1. The van der Waals surface area contributed by atoms with Crippen molar-refractivity contribution < 1.29 is 4.52 Å². The Bertz CT molecular complexity index is 1110. The molecule has 0 aliphatic heterocycles. The molecule has 138 valence electrons. The lowest BCUT2D eigenvalue weighted by Crippen LogP contribution is -2.44. The summed E-state index contributed by atoms with van der Waals surface area (Å²) in [5, 5.41) is 14.7. The fourth-order valence-corrected chi connectivity index (χ4v) is 3.35. The number of aromatic nitrogens is 6. The van der Waals surface area contributed by atoms with E-state index in [-0.39, 0.29) is 12.4 Å². The summed E-state index contributed by atoms with van der Waals surface area (Å²) in [5.74, 6) is 0.895. The molecule has 1 aliphatic rings. The van der Waals surface area contributed by atoms with Gasteiger partial charge in [-0.2, -0.15) is 4.98 Å². The third kappa shape index (κ3) is 2.68. The number of nitrogens with two attached hydrogens (primary N) is 1. The SMILES string of the molecule is Cc1c(-c2nc(C3(N)CCC3)no2)nnn1-c1cccc2cnccc12.Cl. The van der Waals surface area contributed by atoms with Crippen molar-refractivity contribution in [3.05, 3.63) is 48.2 Å². The molecule has 0 radical (unpaired) electrons. The molecule has 2 N–H and O–H groups in total. The molecule has 3 aromatic heterocycles. The van der Waals surface area contributed by atoms with Crippen LogP contribution < -0.4 is 5.73 Å². The second-order valence-electron chi connectivity index (χ2n) is 6.74. The average Bonchev–Trinajstić information content (AvgIpc) is 3.26. The molecule has 5 rings (SSSR count). The summed E-state index contributed by atoms with van der Waals surface area (Å²) in [7, 11) is 0.